The molecule has 3 N–H and O–H groups in total. The number of hydrogen-bond donors (Lipinski definition) is 2. The second kappa shape index (κ2) is 14.7. The fourth-order valence-electron chi connectivity index (χ4n) is 3.85. The van der Waals surface area contributed by atoms with Gasteiger partial charge in [-0.3, -0.25) is 9.97 Å². The molecule has 0 atom stereocenters. The molecule has 11 nitrogen and oxygen atoms in total. The molecule has 0 aliphatic carbocycles. The zero-order chi connectivity index (χ0) is 31.5. The van der Waals surface area contributed by atoms with Gasteiger partial charge in [-0.05, 0) is 42.5 Å². The van der Waals surface area contributed by atoms with E-state index in [9.17, 15) is 12.8 Å². The Bertz CT molecular complexity index is 1850. The number of rotatable bonds is 9. The topological polar surface area (TPSA) is 166 Å². The van der Waals surface area contributed by atoms with Gasteiger partial charge in [-0.15, -0.1) is 0 Å². The normalized spacial score (nSPS) is 10.7. The molecule has 5 rings (SSSR count). The molecule has 0 saturated heterocycles. The number of ether oxygens (including phenoxy) is 2. The zero-order valence-corrected chi connectivity index (χ0v) is 24.6. The van der Waals surface area contributed by atoms with Gasteiger partial charge in [0.2, 0.25) is 10.0 Å². The van der Waals surface area contributed by atoms with Crippen LogP contribution in [0.5, 0.6) is 11.5 Å². The van der Waals surface area contributed by atoms with E-state index in [0.29, 0.717) is 29.4 Å². The van der Waals surface area contributed by atoms with Crippen LogP contribution in [0.25, 0.3) is 22.8 Å². The lowest BCUT2D eigenvalue weighted by molar-refractivity contribution is 0.413. The van der Waals surface area contributed by atoms with Crippen LogP contribution in [0.2, 0.25) is 0 Å². The maximum atomic E-state index is 13.4. The number of nitrogens with two attached hydrogens (primary N) is 1. The van der Waals surface area contributed by atoms with Crippen LogP contribution in [0, 0.1) is 17.1 Å². The van der Waals surface area contributed by atoms with Crippen molar-refractivity contribution in [2.45, 2.75) is 18.0 Å². The summed E-state index contributed by atoms with van der Waals surface area (Å²) in [5, 5.41) is 8.88. The number of sulfonamides is 1. The predicted octanol–water partition coefficient (Wildman–Crippen LogP) is 4.25. The average Bonchev–Trinajstić information content (AvgIpc) is 3.08. The molecule has 44 heavy (non-hydrogen) atoms. The summed E-state index contributed by atoms with van der Waals surface area (Å²) >= 11 is 0. The maximum absolute atomic E-state index is 13.4. The molecular weight excluding hydrogens is 585 g/mol. The Balaban J connectivity index is 0.000000233. The summed E-state index contributed by atoms with van der Waals surface area (Å²) in [6.07, 6.45) is 3.36. The first-order chi connectivity index (χ1) is 21.3. The molecule has 224 valence electrons. The molecule has 0 unspecified atom stereocenters. The highest BCUT2D eigenvalue weighted by Crippen LogP contribution is 2.23. The van der Waals surface area contributed by atoms with Crippen LogP contribution in [-0.4, -0.2) is 42.6 Å². The molecule has 4 aromatic heterocycles. The highest BCUT2D eigenvalue weighted by molar-refractivity contribution is 7.89. The zero-order valence-electron chi connectivity index (χ0n) is 23.8. The van der Waals surface area contributed by atoms with E-state index in [2.05, 4.69) is 24.7 Å². The van der Waals surface area contributed by atoms with Crippen LogP contribution in [-0.2, 0) is 23.1 Å². The standard InChI is InChI=1S/C19H15FN4O3S.C12H13N3O/c1-27-15-9-14(24-19(10-15)18-4-2-3-7-22-18)12-23-28(25,26)16-5-6-17(20)13(8-16)11-21;1-16-10-6-9(8-13)15-12(7-10)11-4-2-3-5-14-11/h2-10,23H,12H2,1H3;2-7H,8,13H2,1H3. The molecule has 0 saturated carbocycles. The molecule has 5 aromatic rings. The van der Waals surface area contributed by atoms with Crippen LogP contribution < -0.4 is 19.9 Å². The van der Waals surface area contributed by atoms with Gasteiger partial charge in [0.25, 0.3) is 0 Å². The van der Waals surface area contributed by atoms with E-state index in [0.717, 1.165) is 41.0 Å². The number of methoxy groups -OCH3 is 2. The Kier molecular flexibility index (Phi) is 10.6. The minimum absolute atomic E-state index is 0.126. The molecule has 0 spiro atoms. The van der Waals surface area contributed by atoms with Gasteiger partial charge in [-0.1, -0.05) is 12.1 Å². The van der Waals surface area contributed by atoms with Crippen molar-refractivity contribution in [3.8, 4) is 40.3 Å². The summed E-state index contributed by atoms with van der Waals surface area (Å²) in [5.74, 6) is 0.463. The Morgan fingerprint density at radius 2 is 1.39 bits per heavy atom. The highest BCUT2D eigenvalue weighted by Gasteiger charge is 2.17. The van der Waals surface area contributed by atoms with Gasteiger partial charge in [0, 0.05) is 43.2 Å². The maximum Gasteiger partial charge on any atom is 0.240 e. The SMILES string of the molecule is COc1cc(CN)nc(-c2ccccn2)c1.COc1cc(CNS(=O)(=O)c2ccc(F)c(C#N)c2)nc(-c2ccccn2)c1. The summed E-state index contributed by atoms with van der Waals surface area (Å²) in [5.41, 5.74) is 9.17. The Labute approximate surface area is 254 Å². The van der Waals surface area contributed by atoms with Gasteiger partial charge >= 0.3 is 0 Å². The van der Waals surface area contributed by atoms with Crippen LogP contribution in [0.1, 0.15) is 17.0 Å². The number of hydrogen-bond acceptors (Lipinski definition) is 10. The van der Waals surface area contributed by atoms with Gasteiger partial charge < -0.3 is 15.2 Å². The Hall–Kier alpha value is -5.29. The smallest absolute Gasteiger partial charge is 0.240 e. The van der Waals surface area contributed by atoms with Crippen molar-refractivity contribution >= 4 is 10.0 Å². The molecule has 4 heterocycles. The average molecular weight is 614 g/mol. The van der Waals surface area contributed by atoms with Crippen molar-refractivity contribution in [1.82, 2.24) is 24.7 Å². The number of nitriles is 1. The van der Waals surface area contributed by atoms with Crippen LogP contribution >= 0.6 is 0 Å². The number of halogens is 1. The number of benzene rings is 1. The molecule has 0 bridgehead atoms. The minimum atomic E-state index is -3.97. The number of aromatic nitrogens is 4. The summed E-state index contributed by atoms with van der Waals surface area (Å²) in [4.78, 5) is 17.1. The van der Waals surface area contributed by atoms with Gasteiger partial charge in [0.1, 0.15) is 23.4 Å². The first kappa shape index (κ1) is 31.6. The second-order valence-corrected chi connectivity index (χ2v) is 10.7. The lowest BCUT2D eigenvalue weighted by atomic mass is 10.2. The molecule has 0 aliphatic heterocycles. The van der Waals surface area contributed by atoms with Crippen LogP contribution in [0.15, 0.2) is 96.2 Å². The summed E-state index contributed by atoms with van der Waals surface area (Å²) < 4.78 is 51.2. The summed E-state index contributed by atoms with van der Waals surface area (Å²) in [6.45, 7) is 0.260. The lowest BCUT2D eigenvalue weighted by Gasteiger charge is -2.10. The summed E-state index contributed by atoms with van der Waals surface area (Å²) in [7, 11) is -0.853. The van der Waals surface area contributed by atoms with Gasteiger partial charge in [-0.25, -0.2) is 27.5 Å². The predicted molar refractivity (Wildman–Crippen MR) is 161 cm³/mol. The van der Waals surface area contributed by atoms with Crippen molar-refractivity contribution < 1.29 is 22.3 Å². The van der Waals surface area contributed by atoms with E-state index >= 15 is 0 Å². The Morgan fingerprint density at radius 1 is 0.818 bits per heavy atom. The fourth-order valence-corrected chi connectivity index (χ4v) is 4.88. The molecule has 13 heteroatoms. The number of nitrogens with one attached hydrogen (secondary N) is 1. The third kappa shape index (κ3) is 8.17. The van der Waals surface area contributed by atoms with Crippen molar-refractivity contribution in [2.24, 2.45) is 5.73 Å². The number of nitrogens with zero attached hydrogens (tertiary/aromatic N) is 5. The van der Waals surface area contributed by atoms with Crippen molar-refractivity contribution in [2.75, 3.05) is 14.2 Å². The van der Waals surface area contributed by atoms with E-state index in [-0.39, 0.29) is 17.0 Å². The van der Waals surface area contributed by atoms with Gasteiger partial charge in [-0.2, -0.15) is 5.26 Å². The highest BCUT2D eigenvalue weighted by atomic mass is 32.2. The van der Waals surface area contributed by atoms with Gasteiger partial charge in [0.05, 0.1) is 65.4 Å². The third-order valence-corrected chi connectivity index (χ3v) is 7.45. The van der Waals surface area contributed by atoms with Crippen molar-refractivity contribution in [1.29, 1.82) is 5.26 Å². The Morgan fingerprint density at radius 3 is 1.89 bits per heavy atom. The second-order valence-electron chi connectivity index (χ2n) is 8.98. The molecule has 1 aromatic carbocycles. The minimum Gasteiger partial charge on any atom is -0.497 e. The van der Waals surface area contributed by atoms with E-state index in [1.165, 1.54) is 7.11 Å². The molecule has 0 fully saturated rings. The van der Waals surface area contributed by atoms with E-state index in [1.807, 2.05) is 36.4 Å². The van der Waals surface area contributed by atoms with E-state index in [4.69, 9.17) is 20.5 Å². The molecule has 0 aliphatic rings. The van der Waals surface area contributed by atoms with E-state index < -0.39 is 15.8 Å². The lowest BCUT2D eigenvalue weighted by Crippen LogP contribution is -2.24. The van der Waals surface area contributed by atoms with Crippen molar-refractivity contribution in [3.63, 3.8) is 0 Å². The summed E-state index contributed by atoms with van der Waals surface area (Å²) in [6, 6.07) is 22.7. The number of pyridine rings is 4. The van der Waals surface area contributed by atoms with Gasteiger partial charge in [0.15, 0.2) is 0 Å². The quantitative estimate of drug-likeness (QED) is 0.245. The van der Waals surface area contributed by atoms with Crippen molar-refractivity contribution in [3.05, 3.63) is 114 Å². The largest absolute Gasteiger partial charge is 0.497 e. The third-order valence-electron chi connectivity index (χ3n) is 6.05. The van der Waals surface area contributed by atoms with Crippen LogP contribution in [0.4, 0.5) is 4.39 Å². The monoisotopic (exact) mass is 613 g/mol. The fraction of sp³-hybridized carbons (Fsp3) is 0.129. The molecule has 0 amide bonds. The molecule has 0 radical (unpaired) electrons. The van der Waals surface area contributed by atoms with Crippen LogP contribution in [0.3, 0.4) is 0 Å². The van der Waals surface area contributed by atoms with E-state index in [1.54, 1.807) is 49.8 Å². The molecular formula is C31H28FN7O4S. The first-order valence-electron chi connectivity index (χ1n) is 13.1. The first-order valence-corrected chi connectivity index (χ1v) is 14.6.